The Morgan fingerprint density at radius 2 is 1.94 bits per heavy atom. The molecule has 2 heterocycles. The third-order valence-corrected chi connectivity index (χ3v) is 6.07. The molecule has 2 aromatic carbocycles. The molecule has 0 saturated carbocycles. The summed E-state index contributed by atoms with van der Waals surface area (Å²) in [6.07, 6.45) is 6.42. The molecular formula is C27H35N3O4. The predicted molar refractivity (Wildman–Crippen MR) is 131 cm³/mol. The molecule has 0 radical (unpaired) electrons. The molecule has 4 rings (SSSR count). The number of aromatic nitrogens is 2. The van der Waals surface area contributed by atoms with Crippen molar-refractivity contribution in [3.63, 3.8) is 0 Å². The molecular weight excluding hydrogens is 430 g/mol. The molecule has 7 nitrogen and oxygen atoms in total. The van der Waals surface area contributed by atoms with Gasteiger partial charge in [0.15, 0.2) is 11.5 Å². The van der Waals surface area contributed by atoms with Gasteiger partial charge in [0.2, 0.25) is 0 Å². The Kier molecular flexibility index (Phi) is 8.08. The summed E-state index contributed by atoms with van der Waals surface area (Å²) in [7, 11) is 1.66. The van der Waals surface area contributed by atoms with Crippen LogP contribution in [0.15, 0.2) is 60.9 Å². The first-order valence-corrected chi connectivity index (χ1v) is 11.9. The van der Waals surface area contributed by atoms with E-state index in [0.717, 1.165) is 67.3 Å². The number of nitrogens with zero attached hydrogens (tertiary/aromatic N) is 3. The molecule has 0 bridgehead atoms. The largest absolute Gasteiger partial charge is 0.493 e. The number of aliphatic hydroxyl groups is 1. The highest BCUT2D eigenvalue weighted by Gasteiger charge is 2.34. The smallest absolute Gasteiger partial charge is 0.161 e. The van der Waals surface area contributed by atoms with Crippen molar-refractivity contribution < 1.29 is 19.3 Å². The van der Waals surface area contributed by atoms with Gasteiger partial charge in [-0.3, -0.25) is 9.58 Å². The maximum atomic E-state index is 11.1. The molecule has 0 amide bonds. The van der Waals surface area contributed by atoms with Gasteiger partial charge in [-0.1, -0.05) is 24.3 Å². The van der Waals surface area contributed by atoms with Crippen LogP contribution < -0.4 is 14.2 Å². The molecule has 0 unspecified atom stereocenters. The third kappa shape index (κ3) is 6.74. The number of hydrogen-bond donors (Lipinski definition) is 1. The lowest BCUT2D eigenvalue weighted by Gasteiger charge is -2.39. The fourth-order valence-electron chi connectivity index (χ4n) is 4.38. The Morgan fingerprint density at radius 1 is 1.09 bits per heavy atom. The summed E-state index contributed by atoms with van der Waals surface area (Å²) in [5.74, 6) is 2.26. The lowest BCUT2D eigenvalue weighted by atomic mass is 9.93. The first-order valence-electron chi connectivity index (χ1n) is 11.9. The summed E-state index contributed by atoms with van der Waals surface area (Å²) in [5.41, 5.74) is 1.43. The molecule has 34 heavy (non-hydrogen) atoms. The van der Waals surface area contributed by atoms with Gasteiger partial charge in [0.25, 0.3) is 0 Å². The van der Waals surface area contributed by atoms with Crippen LogP contribution in [0, 0.1) is 6.92 Å². The number of aryl methyl sites for hydroxylation is 2. The fraction of sp³-hybridized carbons (Fsp3) is 0.444. The van der Waals surface area contributed by atoms with E-state index >= 15 is 0 Å². The molecule has 7 heteroatoms. The minimum Gasteiger partial charge on any atom is -0.493 e. The van der Waals surface area contributed by atoms with Crippen LogP contribution in [-0.2, 0) is 13.1 Å². The van der Waals surface area contributed by atoms with E-state index in [0.29, 0.717) is 19.8 Å². The van der Waals surface area contributed by atoms with Gasteiger partial charge < -0.3 is 19.3 Å². The standard InChI is InChI=1S/C27H35N3O4/c1-22-17-28-30(18-22)14-7-15-33-26-16-23(10-11-25(26)32-2)19-29-13-6-12-27(31,20-29)21-34-24-8-4-3-5-9-24/h3-5,8-11,16-18,31H,6-7,12-15,19-21H2,1-2H3/t27-/m1/s1. The predicted octanol–water partition coefficient (Wildman–Crippen LogP) is 4.08. The van der Waals surface area contributed by atoms with Crippen LogP contribution in [0.25, 0.3) is 0 Å². The highest BCUT2D eigenvalue weighted by Crippen LogP contribution is 2.30. The zero-order valence-electron chi connectivity index (χ0n) is 20.2. The first-order chi connectivity index (χ1) is 16.5. The van der Waals surface area contributed by atoms with Crippen LogP contribution in [0.3, 0.4) is 0 Å². The lowest BCUT2D eigenvalue weighted by Crippen LogP contribution is -2.51. The van der Waals surface area contributed by atoms with E-state index in [1.54, 1.807) is 7.11 Å². The van der Waals surface area contributed by atoms with Crippen LogP contribution in [-0.4, -0.2) is 58.8 Å². The fourth-order valence-corrected chi connectivity index (χ4v) is 4.38. The maximum Gasteiger partial charge on any atom is 0.161 e. The van der Waals surface area contributed by atoms with Crippen molar-refractivity contribution in [3.8, 4) is 17.2 Å². The van der Waals surface area contributed by atoms with Crippen molar-refractivity contribution in [2.45, 2.75) is 44.9 Å². The van der Waals surface area contributed by atoms with Gasteiger partial charge in [-0.2, -0.15) is 5.10 Å². The van der Waals surface area contributed by atoms with Gasteiger partial charge >= 0.3 is 0 Å². The Balaban J connectivity index is 1.31. The number of likely N-dealkylation sites (tertiary alicyclic amines) is 1. The Labute approximate surface area is 201 Å². The maximum absolute atomic E-state index is 11.1. The minimum absolute atomic E-state index is 0.292. The average molecular weight is 466 g/mol. The zero-order valence-corrected chi connectivity index (χ0v) is 20.2. The van der Waals surface area contributed by atoms with Crippen LogP contribution in [0.4, 0.5) is 0 Å². The molecule has 1 aliphatic heterocycles. The molecule has 1 N–H and O–H groups in total. The number of piperidine rings is 1. The average Bonchev–Trinajstić information content (AvgIpc) is 3.26. The van der Waals surface area contributed by atoms with Crippen LogP contribution in [0.1, 0.15) is 30.4 Å². The van der Waals surface area contributed by atoms with Crippen molar-refractivity contribution in [2.75, 3.05) is 33.4 Å². The van der Waals surface area contributed by atoms with Gasteiger partial charge in [0.05, 0.1) is 19.9 Å². The second-order valence-corrected chi connectivity index (χ2v) is 9.11. The number of para-hydroxylation sites is 1. The molecule has 1 atom stereocenters. The first kappa shape index (κ1) is 24.1. The van der Waals surface area contributed by atoms with Crippen molar-refractivity contribution >= 4 is 0 Å². The molecule has 1 saturated heterocycles. The van der Waals surface area contributed by atoms with E-state index in [1.807, 2.05) is 66.5 Å². The molecule has 1 aliphatic rings. The van der Waals surface area contributed by atoms with Crippen molar-refractivity contribution in [1.29, 1.82) is 0 Å². The second kappa shape index (κ2) is 11.4. The molecule has 0 aliphatic carbocycles. The monoisotopic (exact) mass is 465 g/mol. The summed E-state index contributed by atoms with van der Waals surface area (Å²) in [6, 6.07) is 15.7. The summed E-state index contributed by atoms with van der Waals surface area (Å²) >= 11 is 0. The molecule has 1 aromatic heterocycles. The number of ether oxygens (including phenoxy) is 3. The minimum atomic E-state index is -0.856. The van der Waals surface area contributed by atoms with E-state index in [9.17, 15) is 5.11 Å². The number of benzene rings is 2. The Hall–Kier alpha value is -3.03. The van der Waals surface area contributed by atoms with Crippen LogP contribution in [0.2, 0.25) is 0 Å². The number of rotatable bonds is 11. The molecule has 1 fully saturated rings. The topological polar surface area (TPSA) is 69.0 Å². The Morgan fingerprint density at radius 3 is 2.71 bits per heavy atom. The van der Waals surface area contributed by atoms with Gasteiger partial charge in [0, 0.05) is 32.3 Å². The van der Waals surface area contributed by atoms with Crippen LogP contribution in [0.5, 0.6) is 17.2 Å². The normalized spacial score (nSPS) is 18.6. The lowest BCUT2D eigenvalue weighted by molar-refractivity contribution is -0.0621. The molecule has 3 aromatic rings. The van der Waals surface area contributed by atoms with Crippen molar-refractivity contribution in [1.82, 2.24) is 14.7 Å². The Bertz CT molecular complexity index is 1040. The SMILES string of the molecule is COc1ccc(CN2CCC[C@](O)(COc3ccccc3)C2)cc1OCCCn1cc(C)cn1. The van der Waals surface area contributed by atoms with Gasteiger partial charge in [-0.25, -0.2) is 0 Å². The number of β-amino-alcohol motifs (C(OH)–C–C–N with tert-alkyl or cyclic N) is 1. The quantitative estimate of drug-likeness (QED) is 0.431. The van der Waals surface area contributed by atoms with E-state index in [1.165, 1.54) is 0 Å². The van der Waals surface area contributed by atoms with Gasteiger partial charge in [0.1, 0.15) is 18.0 Å². The van der Waals surface area contributed by atoms with Gasteiger partial charge in [-0.15, -0.1) is 0 Å². The second-order valence-electron chi connectivity index (χ2n) is 9.11. The van der Waals surface area contributed by atoms with Crippen LogP contribution >= 0.6 is 0 Å². The summed E-state index contributed by atoms with van der Waals surface area (Å²) in [6.45, 7) is 5.98. The van der Waals surface area contributed by atoms with E-state index in [4.69, 9.17) is 14.2 Å². The number of hydrogen-bond acceptors (Lipinski definition) is 6. The summed E-state index contributed by atoms with van der Waals surface area (Å²) in [4.78, 5) is 2.28. The number of methoxy groups -OCH3 is 1. The van der Waals surface area contributed by atoms with Crippen molar-refractivity contribution in [2.24, 2.45) is 0 Å². The molecule has 182 valence electrons. The highest BCUT2D eigenvalue weighted by molar-refractivity contribution is 5.43. The van der Waals surface area contributed by atoms with E-state index in [-0.39, 0.29) is 0 Å². The molecule has 0 spiro atoms. The zero-order chi connectivity index (χ0) is 23.8. The summed E-state index contributed by atoms with van der Waals surface area (Å²) in [5, 5.41) is 15.5. The van der Waals surface area contributed by atoms with Crippen molar-refractivity contribution in [3.05, 3.63) is 72.1 Å². The highest BCUT2D eigenvalue weighted by atomic mass is 16.5. The third-order valence-electron chi connectivity index (χ3n) is 6.07. The summed E-state index contributed by atoms with van der Waals surface area (Å²) < 4.78 is 19.4. The van der Waals surface area contributed by atoms with Gasteiger partial charge in [-0.05, 0) is 61.7 Å². The van der Waals surface area contributed by atoms with E-state index < -0.39 is 5.60 Å². The van der Waals surface area contributed by atoms with E-state index in [2.05, 4.69) is 16.1 Å².